The number of aromatic nitrogens is 1. The van der Waals surface area contributed by atoms with E-state index in [9.17, 15) is 0 Å². The monoisotopic (exact) mass is 246 g/mol. The van der Waals surface area contributed by atoms with E-state index in [-0.39, 0.29) is 0 Å². The Morgan fingerprint density at radius 2 is 2.07 bits per heavy atom. The van der Waals surface area contributed by atoms with Crippen LogP contribution in [0.25, 0.3) is 0 Å². The molecule has 1 aromatic heterocycles. The predicted molar refractivity (Wildman–Crippen MR) is 60.4 cm³/mol. The van der Waals surface area contributed by atoms with E-state index in [1.54, 1.807) is 12.3 Å². The highest BCUT2D eigenvalue weighted by Crippen LogP contribution is 2.20. The van der Waals surface area contributed by atoms with Gasteiger partial charge in [0.15, 0.2) is 0 Å². The van der Waals surface area contributed by atoms with Gasteiger partial charge < -0.3 is 4.74 Å². The van der Waals surface area contributed by atoms with Crippen LogP contribution in [-0.2, 0) is 11.3 Å². The molecule has 2 rings (SSSR count). The van der Waals surface area contributed by atoms with Crippen molar-refractivity contribution >= 4 is 23.2 Å². The Hall–Kier alpha value is -0.350. The van der Waals surface area contributed by atoms with Crippen molar-refractivity contribution in [3.63, 3.8) is 0 Å². The van der Waals surface area contributed by atoms with Crippen LogP contribution in [0.2, 0.25) is 10.2 Å². The third kappa shape index (κ3) is 3.05. The summed E-state index contributed by atoms with van der Waals surface area (Å²) in [4.78, 5) is 6.32. The number of nitrogens with zero attached hydrogens (tertiary/aromatic N) is 2. The molecule has 0 saturated carbocycles. The number of morpholine rings is 1. The highest BCUT2D eigenvalue weighted by molar-refractivity contribution is 6.34. The second kappa shape index (κ2) is 5.12. The van der Waals surface area contributed by atoms with Crippen molar-refractivity contribution in [3.05, 3.63) is 28.0 Å². The summed E-state index contributed by atoms with van der Waals surface area (Å²) in [7, 11) is 0. The molecule has 82 valence electrons. The van der Waals surface area contributed by atoms with Gasteiger partial charge in [-0.1, -0.05) is 23.2 Å². The zero-order valence-electron chi connectivity index (χ0n) is 8.25. The fourth-order valence-electron chi connectivity index (χ4n) is 1.55. The van der Waals surface area contributed by atoms with Crippen LogP contribution in [0.1, 0.15) is 5.56 Å². The second-order valence-corrected chi connectivity index (χ2v) is 4.28. The summed E-state index contributed by atoms with van der Waals surface area (Å²) >= 11 is 11.8. The lowest BCUT2D eigenvalue weighted by Crippen LogP contribution is -2.35. The van der Waals surface area contributed by atoms with Gasteiger partial charge in [-0.2, -0.15) is 0 Å². The number of hydrogen-bond acceptors (Lipinski definition) is 3. The first-order valence-electron chi connectivity index (χ1n) is 4.86. The van der Waals surface area contributed by atoms with Gasteiger partial charge in [-0.25, -0.2) is 4.98 Å². The Morgan fingerprint density at radius 3 is 2.73 bits per heavy atom. The minimum Gasteiger partial charge on any atom is -0.379 e. The van der Waals surface area contributed by atoms with Crippen molar-refractivity contribution in [3.8, 4) is 0 Å². The molecule has 1 aliphatic heterocycles. The standard InChI is InChI=1S/C10H12Cl2N2O/c11-9-5-10(12)13-6-8(9)7-14-1-3-15-4-2-14/h5-6H,1-4,7H2. The molecule has 0 atom stereocenters. The highest BCUT2D eigenvalue weighted by Gasteiger charge is 2.12. The second-order valence-electron chi connectivity index (χ2n) is 3.49. The van der Waals surface area contributed by atoms with E-state index in [0.29, 0.717) is 10.2 Å². The molecule has 1 saturated heterocycles. The number of rotatable bonds is 2. The van der Waals surface area contributed by atoms with Gasteiger partial charge in [0.2, 0.25) is 0 Å². The van der Waals surface area contributed by atoms with Gasteiger partial charge >= 0.3 is 0 Å². The van der Waals surface area contributed by atoms with Crippen LogP contribution in [0.3, 0.4) is 0 Å². The van der Waals surface area contributed by atoms with Crippen molar-refractivity contribution in [2.24, 2.45) is 0 Å². The van der Waals surface area contributed by atoms with Gasteiger partial charge in [-0.15, -0.1) is 0 Å². The Morgan fingerprint density at radius 1 is 1.33 bits per heavy atom. The first-order valence-corrected chi connectivity index (χ1v) is 5.61. The van der Waals surface area contributed by atoms with E-state index in [1.807, 2.05) is 0 Å². The molecule has 2 heterocycles. The number of pyridine rings is 1. The van der Waals surface area contributed by atoms with Gasteiger partial charge in [-0.3, -0.25) is 4.90 Å². The Kier molecular flexibility index (Phi) is 3.81. The van der Waals surface area contributed by atoms with Crippen LogP contribution in [0.5, 0.6) is 0 Å². The smallest absolute Gasteiger partial charge is 0.130 e. The Bertz CT molecular complexity index is 340. The molecule has 3 nitrogen and oxygen atoms in total. The van der Waals surface area contributed by atoms with Gasteiger partial charge in [-0.05, 0) is 6.07 Å². The van der Waals surface area contributed by atoms with E-state index in [2.05, 4.69) is 9.88 Å². The van der Waals surface area contributed by atoms with E-state index in [0.717, 1.165) is 38.4 Å². The average Bonchev–Trinajstić information content (AvgIpc) is 2.24. The number of hydrogen-bond donors (Lipinski definition) is 0. The number of ether oxygens (including phenoxy) is 1. The molecular weight excluding hydrogens is 235 g/mol. The Labute approximate surface area is 98.9 Å². The van der Waals surface area contributed by atoms with Gasteiger partial charge in [0.05, 0.1) is 13.2 Å². The maximum absolute atomic E-state index is 6.07. The molecular formula is C10H12Cl2N2O. The van der Waals surface area contributed by atoms with Crippen molar-refractivity contribution in [2.75, 3.05) is 26.3 Å². The van der Waals surface area contributed by atoms with Crippen LogP contribution in [0.4, 0.5) is 0 Å². The molecule has 1 aromatic rings. The maximum atomic E-state index is 6.07. The van der Waals surface area contributed by atoms with Crippen molar-refractivity contribution in [1.82, 2.24) is 9.88 Å². The average molecular weight is 247 g/mol. The third-order valence-electron chi connectivity index (χ3n) is 2.39. The minimum absolute atomic E-state index is 0.436. The van der Waals surface area contributed by atoms with Crippen LogP contribution < -0.4 is 0 Å². The molecule has 1 aliphatic rings. The topological polar surface area (TPSA) is 25.4 Å². The first-order chi connectivity index (χ1) is 7.25. The largest absolute Gasteiger partial charge is 0.379 e. The van der Waals surface area contributed by atoms with Gasteiger partial charge in [0.25, 0.3) is 0 Å². The lowest BCUT2D eigenvalue weighted by Gasteiger charge is -2.26. The van der Waals surface area contributed by atoms with E-state index >= 15 is 0 Å². The molecule has 0 amide bonds. The number of halogens is 2. The molecule has 0 spiro atoms. The van der Waals surface area contributed by atoms with Crippen LogP contribution in [0.15, 0.2) is 12.3 Å². The first kappa shape index (κ1) is 11.1. The quantitative estimate of drug-likeness (QED) is 0.749. The summed E-state index contributed by atoms with van der Waals surface area (Å²) in [5.74, 6) is 0. The molecule has 15 heavy (non-hydrogen) atoms. The highest BCUT2D eigenvalue weighted by atomic mass is 35.5. The molecule has 0 aromatic carbocycles. The zero-order valence-corrected chi connectivity index (χ0v) is 9.76. The minimum atomic E-state index is 0.436. The van der Waals surface area contributed by atoms with Gasteiger partial charge in [0, 0.05) is 36.4 Å². The molecule has 0 bridgehead atoms. The van der Waals surface area contributed by atoms with Crippen molar-refractivity contribution < 1.29 is 4.74 Å². The van der Waals surface area contributed by atoms with Gasteiger partial charge in [0.1, 0.15) is 5.15 Å². The van der Waals surface area contributed by atoms with Crippen molar-refractivity contribution in [2.45, 2.75) is 6.54 Å². The summed E-state index contributed by atoms with van der Waals surface area (Å²) in [6.45, 7) is 4.28. The molecule has 5 heteroatoms. The van der Waals surface area contributed by atoms with Crippen LogP contribution in [0, 0.1) is 0 Å². The van der Waals surface area contributed by atoms with Crippen LogP contribution in [-0.4, -0.2) is 36.2 Å². The van der Waals surface area contributed by atoms with Crippen LogP contribution >= 0.6 is 23.2 Å². The SMILES string of the molecule is Clc1cc(Cl)c(CN2CCOCC2)cn1. The maximum Gasteiger partial charge on any atom is 0.130 e. The van der Waals surface area contributed by atoms with E-state index in [4.69, 9.17) is 27.9 Å². The summed E-state index contributed by atoms with van der Waals surface area (Å²) in [6, 6.07) is 1.68. The molecule has 0 aliphatic carbocycles. The zero-order chi connectivity index (χ0) is 10.7. The van der Waals surface area contributed by atoms with E-state index in [1.165, 1.54) is 0 Å². The fraction of sp³-hybridized carbons (Fsp3) is 0.500. The fourth-order valence-corrected chi connectivity index (χ4v) is 1.98. The lowest BCUT2D eigenvalue weighted by atomic mass is 10.2. The Balaban J connectivity index is 2.03. The lowest BCUT2D eigenvalue weighted by molar-refractivity contribution is 0.0341. The van der Waals surface area contributed by atoms with Crippen molar-refractivity contribution in [1.29, 1.82) is 0 Å². The van der Waals surface area contributed by atoms with E-state index < -0.39 is 0 Å². The molecule has 0 unspecified atom stereocenters. The third-order valence-corrected chi connectivity index (χ3v) is 2.95. The normalized spacial score (nSPS) is 18.0. The molecule has 0 radical (unpaired) electrons. The summed E-state index contributed by atoms with van der Waals surface area (Å²) in [5.41, 5.74) is 1.02. The summed E-state index contributed by atoms with van der Waals surface area (Å²) < 4.78 is 5.28. The predicted octanol–water partition coefficient (Wildman–Crippen LogP) is 2.22. The summed E-state index contributed by atoms with van der Waals surface area (Å²) in [6.07, 6.45) is 1.74. The summed E-state index contributed by atoms with van der Waals surface area (Å²) in [5, 5.41) is 1.12. The molecule has 1 fully saturated rings. The molecule has 0 N–H and O–H groups in total.